The predicted octanol–water partition coefficient (Wildman–Crippen LogP) is 2.50. The van der Waals surface area contributed by atoms with Gasteiger partial charge in [0.05, 0.1) is 12.2 Å². The number of anilines is 1. The van der Waals surface area contributed by atoms with Crippen molar-refractivity contribution in [1.82, 2.24) is 9.80 Å². The number of esters is 1. The van der Waals surface area contributed by atoms with Crippen molar-refractivity contribution in [3.8, 4) is 0 Å². The van der Waals surface area contributed by atoms with Gasteiger partial charge < -0.3 is 19.9 Å². The monoisotopic (exact) mass is 395 g/mol. The molecule has 0 aromatic heterocycles. The minimum absolute atomic E-state index is 0.0634. The Hall–Kier alpha value is -3.19. The van der Waals surface area contributed by atoms with Crippen LogP contribution in [0, 0.1) is 0 Å². The highest BCUT2D eigenvalue weighted by molar-refractivity contribution is 6.06. The molecule has 1 aliphatic rings. The standard InChI is InChI=1S/C22H25N3O4/c1-3-29-22(28)16-7-9-19(10-8-16)23-20(26)17-5-4-6-18(15-17)21(27)25-13-11-24(2)12-14-25/h4-10,15H,3,11-14H2,1-2H3,(H,23,26). The van der Waals surface area contributed by atoms with Gasteiger partial charge in [-0.25, -0.2) is 4.79 Å². The van der Waals surface area contributed by atoms with Crippen LogP contribution < -0.4 is 5.32 Å². The van der Waals surface area contributed by atoms with Gasteiger partial charge in [-0.15, -0.1) is 0 Å². The number of carbonyl (C=O) groups is 3. The Morgan fingerprint density at radius 1 is 0.931 bits per heavy atom. The number of carbonyl (C=O) groups excluding carboxylic acids is 3. The zero-order valence-electron chi connectivity index (χ0n) is 16.7. The van der Waals surface area contributed by atoms with Crippen LogP contribution in [0.15, 0.2) is 48.5 Å². The second-order valence-corrected chi connectivity index (χ2v) is 6.93. The number of nitrogens with one attached hydrogen (secondary N) is 1. The summed E-state index contributed by atoms with van der Waals surface area (Å²) in [5.74, 6) is -0.783. The molecule has 1 saturated heterocycles. The van der Waals surface area contributed by atoms with Crippen molar-refractivity contribution in [1.29, 1.82) is 0 Å². The highest BCUT2D eigenvalue weighted by Crippen LogP contribution is 2.15. The molecule has 29 heavy (non-hydrogen) atoms. The molecule has 7 heteroatoms. The number of piperazine rings is 1. The van der Waals surface area contributed by atoms with Crippen molar-refractivity contribution in [2.75, 3.05) is 45.2 Å². The quantitative estimate of drug-likeness (QED) is 0.787. The largest absolute Gasteiger partial charge is 0.462 e. The second kappa shape index (κ2) is 9.34. The van der Waals surface area contributed by atoms with E-state index in [0.717, 1.165) is 13.1 Å². The molecule has 2 aromatic carbocycles. The van der Waals surface area contributed by atoms with Gasteiger partial charge in [0.1, 0.15) is 0 Å². The van der Waals surface area contributed by atoms with Gasteiger partial charge in [-0.3, -0.25) is 9.59 Å². The van der Waals surface area contributed by atoms with Gasteiger partial charge in [-0.05, 0) is 56.4 Å². The molecule has 1 fully saturated rings. The van der Waals surface area contributed by atoms with E-state index in [0.29, 0.717) is 42.1 Å². The van der Waals surface area contributed by atoms with Gasteiger partial charge in [0.25, 0.3) is 11.8 Å². The minimum Gasteiger partial charge on any atom is -0.462 e. The fourth-order valence-corrected chi connectivity index (χ4v) is 3.09. The molecular formula is C22H25N3O4. The first kappa shape index (κ1) is 20.5. The number of hydrogen-bond acceptors (Lipinski definition) is 5. The van der Waals surface area contributed by atoms with E-state index in [1.807, 2.05) is 11.9 Å². The van der Waals surface area contributed by atoms with Gasteiger partial charge >= 0.3 is 5.97 Å². The number of ether oxygens (including phenoxy) is 1. The van der Waals surface area contributed by atoms with E-state index in [-0.39, 0.29) is 11.8 Å². The molecule has 0 atom stereocenters. The molecule has 0 aliphatic carbocycles. The molecule has 2 aromatic rings. The maximum atomic E-state index is 12.7. The first-order valence-corrected chi connectivity index (χ1v) is 9.64. The molecule has 0 bridgehead atoms. The molecule has 1 aliphatic heterocycles. The first-order chi connectivity index (χ1) is 14.0. The maximum absolute atomic E-state index is 12.7. The summed E-state index contributed by atoms with van der Waals surface area (Å²) in [5, 5.41) is 2.79. The van der Waals surface area contributed by atoms with Crippen molar-refractivity contribution >= 4 is 23.5 Å². The Labute approximate surface area is 170 Å². The third-order valence-electron chi connectivity index (χ3n) is 4.82. The van der Waals surface area contributed by atoms with E-state index in [1.54, 1.807) is 55.5 Å². The molecule has 152 valence electrons. The molecule has 1 N–H and O–H groups in total. The topological polar surface area (TPSA) is 78.9 Å². The van der Waals surface area contributed by atoms with Crippen molar-refractivity contribution in [2.45, 2.75) is 6.92 Å². The Morgan fingerprint density at radius 2 is 1.59 bits per heavy atom. The van der Waals surface area contributed by atoms with Gasteiger partial charge in [-0.1, -0.05) is 6.07 Å². The fourth-order valence-electron chi connectivity index (χ4n) is 3.09. The van der Waals surface area contributed by atoms with Gasteiger partial charge in [0.15, 0.2) is 0 Å². The number of nitrogens with zero attached hydrogens (tertiary/aromatic N) is 2. The van der Waals surface area contributed by atoms with Crippen LogP contribution in [0.25, 0.3) is 0 Å². The molecule has 0 radical (unpaired) electrons. The van der Waals surface area contributed by atoms with E-state index in [4.69, 9.17) is 4.74 Å². The summed E-state index contributed by atoms with van der Waals surface area (Å²) >= 11 is 0. The summed E-state index contributed by atoms with van der Waals surface area (Å²) in [6, 6.07) is 13.2. The van der Waals surface area contributed by atoms with Crippen LogP contribution in [-0.4, -0.2) is 67.4 Å². The zero-order valence-corrected chi connectivity index (χ0v) is 16.7. The van der Waals surface area contributed by atoms with Crippen LogP contribution >= 0.6 is 0 Å². The first-order valence-electron chi connectivity index (χ1n) is 9.64. The molecule has 0 spiro atoms. The Bertz CT molecular complexity index is 887. The number of amides is 2. The van der Waals surface area contributed by atoms with Crippen LogP contribution in [0.2, 0.25) is 0 Å². The van der Waals surface area contributed by atoms with E-state index >= 15 is 0 Å². The normalized spacial score (nSPS) is 14.3. The van der Waals surface area contributed by atoms with Crippen LogP contribution in [0.3, 0.4) is 0 Å². The molecular weight excluding hydrogens is 370 g/mol. The van der Waals surface area contributed by atoms with Crippen LogP contribution in [0.4, 0.5) is 5.69 Å². The number of benzene rings is 2. The summed E-state index contributed by atoms with van der Waals surface area (Å²) in [4.78, 5) is 41.0. The van der Waals surface area contributed by atoms with Crippen LogP contribution in [0.1, 0.15) is 38.0 Å². The number of hydrogen-bond donors (Lipinski definition) is 1. The average molecular weight is 395 g/mol. The molecule has 0 unspecified atom stereocenters. The number of likely N-dealkylation sites (N-methyl/N-ethyl adjacent to an activating group) is 1. The van der Waals surface area contributed by atoms with E-state index in [9.17, 15) is 14.4 Å². The van der Waals surface area contributed by atoms with E-state index in [1.165, 1.54) is 0 Å². The molecule has 0 saturated carbocycles. The third-order valence-corrected chi connectivity index (χ3v) is 4.82. The highest BCUT2D eigenvalue weighted by atomic mass is 16.5. The van der Waals surface area contributed by atoms with E-state index in [2.05, 4.69) is 10.2 Å². The summed E-state index contributed by atoms with van der Waals surface area (Å²) in [6.07, 6.45) is 0. The summed E-state index contributed by atoms with van der Waals surface area (Å²) < 4.78 is 4.94. The second-order valence-electron chi connectivity index (χ2n) is 6.93. The smallest absolute Gasteiger partial charge is 0.338 e. The molecule has 1 heterocycles. The SMILES string of the molecule is CCOC(=O)c1ccc(NC(=O)c2cccc(C(=O)N3CCN(C)CC3)c2)cc1. The van der Waals surface area contributed by atoms with Crippen molar-refractivity contribution in [2.24, 2.45) is 0 Å². The summed E-state index contributed by atoms with van der Waals surface area (Å²) in [6.45, 7) is 5.09. The lowest BCUT2D eigenvalue weighted by molar-refractivity contribution is 0.0526. The van der Waals surface area contributed by atoms with Crippen LogP contribution in [0.5, 0.6) is 0 Å². The maximum Gasteiger partial charge on any atom is 0.338 e. The van der Waals surface area contributed by atoms with Gasteiger partial charge in [-0.2, -0.15) is 0 Å². The third kappa shape index (κ3) is 5.20. The average Bonchev–Trinajstić information content (AvgIpc) is 2.74. The summed E-state index contributed by atoms with van der Waals surface area (Å²) in [7, 11) is 2.03. The lowest BCUT2D eigenvalue weighted by Crippen LogP contribution is -2.47. The minimum atomic E-state index is -0.402. The van der Waals surface area contributed by atoms with Crippen LogP contribution in [-0.2, 0) is 4.74 Å². The van der Waals surface area contributed by atoms with Gasteiger partial charge in [0.2, 0.25) is 0 Å². The van der Waals surface area contributed by atoms with Crippen molar-refractivity contribution in [3.63, 3.8) is 0 Å². The molecule has 2 amide bonds. The Kier molecular flexibility index (Phi) is 6.61. The Morgan fingerprint density at radius 3 is 2.24 bits per heavy atom. The van der Waals surface area contributed by atoms with E-state index < -0.39 is 5.97 Å². The van der Waals surface area contributed by atoms with Gasteiger partial charge in [0, 0.05) is 43.0 Å². The molecule has 7 nitrogen and oxygen atoms in total. The van der Waals surface area contributed by atoms with Crippen molar-refractivity contribution in [3.05, 3.63) is 65.2 Å². The van der Waals surface area contributed by atoms with Crippen molar-refractivity contribution < 1.29 is 19.1 Å². The lowest BCUT2D eigenvalue weighted by atomic mass is 10.1. The zero-order chi connectivity index (χ0) is 20.8. The highest BCUT2D eigenvalue weighted by Gasteiger charge is 2.21. The summed E-state index contributed by atoms with van der Waals surface area (Å²) in [5.41, 5.74) is 1.88. The number of rotatable bonds is 5. The Balaban J connectivity index is 1.66. The fraction of sp³-hybridized carbons (Fsp3) is 0.318. The lowest BCUT2D eigenvalue weighted by Gasteiger charge is -2.32. The molecule has 3 rings (SSSR count). The predicted molar refractivity (Wildman–Crippen MR) is 110 cm³/mol.